The number of hydrogen-bond donors (Lipinski definition) is 0. The monoisotopic (exact) mass is 869 g/mol. The Morgan fingerprint density at radius 2 is 0.809 bits per heavy atom. The number of allylic oxidation sites excluding steroid dienone is 5. The Labute approximate surface area is 396 Å². The van der Waals surface area contributed by atoms with Gasteiger partial charge >= 0.3 is 0 Å². The Bertz CT molecular complexity index is 3590. The van der Waals surface area contributed by atoms with Crippen molar-refractivity contribution >= 4 is 5.57 Å². The summed E-state index contributed by atoms with van der Waals surface area (Å²) in [5.41, 5.74) is 18.8. The van der Waals surface area contributed by atoms with E-state index in [0.717, 1.165) is 55.9 Å². The van der Waals surface area contributed by atoms with Crippen molar-refractivity contribution in [3.63, 3.8) is 0 Å². The van der Waals surface area contributed by atoms with Crippen molar-refractivity contribution in [2.45, 2.75) is 12.3 Å². The fourth-order valence-electron chi connectivity index (χ4n) is 10.3. The maximum atomic E-state index is 5.55. The van der Waals surface area contributed by atoms with Gasteiger partial charge in [0.2, 0.25) is 0 Å². The van der Waals surface area contributed by atoms with Crippen LogP contribution in [0.2, 0.25) is 0 Å². The van der Waals surface area contributed by atoms with Crippen LogP contribution in [0.1, 0.15) is 29.2 Å². The first-order valence-electron chi connectivity index (χ1n) is 23.0. The maximum absolute atomic E-state index is 5.55. The molecule has 2 aromatic heterocycles. The predicted molar refractivity (Wildman–Crippen MR) is 277 cm³/mol. The van der Waals surface area contributed by atoms with Crippen LogP contribution in [0, 0.1) is 0 Å². The first-order chi connectivity index (χ1) is 33.6. The van der Waals surface area contributed by atoms with Crippen LogP contribution in [0.5, 0.6) is 0 Å². The molecule has 1 spiro atoms. The minimum absolute atomic E-state index is 0.595. The van der Waals surface area contributed by atoms with Gasteiger partial charge in [0.05, 0.1) is 16.8 Å². The second-order valence-electron chi connectivity index (χ2n) is 17.2. The zero-order chi connectivity index (χ0) is 45.6. The van der Waals surface area contributed by atoms with Crippen molar-refractivity contribution < 1.29 is 0 Å². The molecule has 0 saturated carbocycles. The average Bonchev–Trinajstić information content (AvgIpc) is 3.86. The summed E-state index contributed by atoms with van der Waals surface area (Å²) in [6, 6.07) is 74.1. The summed E-state index contributed by atoms with van der Waals surface area (Å²) in [4.78, 5) is 26.0. The highest BCUT2D eigenvalue weighted by Crippen LogP contribution is 2.63. The van der Waals surface area contributed by atoms with Crippen molar-refractivity contribution in [2.75, 3.05) is 0 Å². The Kier molecular flexibility index (Phi) is 10.0. The van der Waals surface area contributed by atoms with E-state index in [1.54, 1.807) is 0 Å². The van der Waals surface area contributed by atoms with Gasteiger partial charge in [0.15, 0.2) is 23.3 Å². The molecule has 0 radical (unpaired) electrons. The lowest BCUT2D eigenvalue weighted by Crippen LogP contribution is -2.27. The first-order valence-corrected chi connectivity index (χ1v) is 23.0. The highest BCUT2D eigenvalue weighted by Gasteiger charge is 2.52. The van der Waals surface area contributed by atoms with Gasteiger partial charge in [0.25, 0.3) is 0 Å². The van der Waals surface area contributed by atoms with E-state index in [0.29, 0.717) is 23.3 Å². The average molecular weight is 870 g/mol. The van der Waals surface area contributed by atoms with E-state index in [1.165, 1.54) is 44.5 Å². The number of aromatic nitrogens is 5. The van der Waals surface area contributed by atoms with E-state index in [-0.39, 0.29) is 0 Å². The lowest BCUT2D eigenvalue weighted by atomic mass is 9.68. The molecule has 0 N–H and O–H groups in total. The summed E-state index contributed by atoms with van der Waals surface area (Å²) < 4.78 is 0. The molecule has 0 saturated heterocycles. The van der Waals surface area contributed by atoms with Crippen LogP contribution in [-0.2, 0) is 5.41 Å². The van der Waals surface area contributed by atoms with Gasteiger partial charge in [-0.1, -0.05) is 219 Å². The van der Waals surface area contributed by atoms with E-state index in [1.807, 2.05) is 72.8 Å². The molecule has 2 heterocycles. The van der Waals surface area contributed by atoms with Crippen LogP contribution < -0.4 is 0 Å². The molecule has 0 aliphatic heterocycles. The molecule has 2 aliphatic rings. The molecule has 12 rings (SSSR count). The molecule has 0 amide bonds. The van der Waals surface area contributed by atoms with Gasteiger partial charge < -0.3 is 0 Å². The molecule has 0 bridgehead atoms. The van der Waals surface area contributed by atoms with E-state index >= 15 is 0 Å². The molecular formula is C63H43N5. The fraction of sp³-hybridized carbons (Fsp3) is 0.0317. The normalized spacial score (nSPS) is 14.5. The van der Waals surface area contributed by atoms with Crippen LogP contribution >= 0.6 is 0 Å². The van der Waals surface area contributed by atoms with Crippen molar-refractivity contribution in [3.8, 4) is 90.3 Å². The number of hydrogen-bond acceptors (Lipinski definition) is 5. The largest absolute Gasteiger partial charge is 0.228 e. The highest BCUT2D eigenvalue weighted by atomic mass is 15.0. The molecule has 8 aromatic carbocycles. The number of nitrogens with zero attached hydrogens (tertiary/aromatic N) is 5. The van der Waals surface area contributed by atoms with Gasteiger partial charge in [0, 0.05) is 33.4 Å². The maximum Gasteiger partial charge on any atom is 0.164 e. The standard InChI is InChI=1S/C63H43N5/c1-3-4-35-53-41(2)49-31-14-16-36-54(49)63(53)55-37-17-15-32-50(55)51-33-20-34-52(58(51)63)62-64-56(42-21-8-5-9-22-42)40-57(65-62)47-29-18-27-45(38-47)46-28-19-30-48(39-46)61-67-59(43-23-10-6-11-24-43)66-60(68-61)44-25-12-7-13-26-44/h3-40H,1H2,2H3/b35-4-. The summed E-state index contributed by atoms with van der Waals surface area (Å²) >= 11 is 0. The minimum Gasteiger partial charge on any atom is -0.228 e. The van der Waals surface area contributed by atoms with Crippen molar-refractivity contribution in [1.29, 1.82) is 0 Å². The number of rotatable bonds is 9. The molecule has 0 fully saturated rings. The molecule has 5 nitrogen and oxygen atoms in total. The third-order valence-electron chi connectivity index (χ3n) is 13.4. The molecule has 10 aromatic rings. The minimum atomic E-state index is -0.595. The predicted octanol–water partition coefficient (Wildman–Crippen LogP) is 15.2. The van der Waals surface area contributed by atoms with Gasteiger partial charge in [-0.05, 0) is 80.8 Å². The second-order valence-corrected chi connectivity index (χ2v) is 17.2. The van der Waals surface area contributed by atoms with Crippen molar-refractivity contribution in [2.24, 2.45) is 0 Å². The molecule has 68 heavy (non-hydrogen) atoms. The topological polar surface area (TPSA) is 64.5 Å². The molecular weight excluding hydrogens is 827 g/mol. The number of fused-ring (bicyclic) bond motifs is 7. The first kappa shape index (κ1) is 40.6. The smallest absolute Gasteiger partial charge is 0.164 e. The van der Waals surface area contributed by atoms with Gasteiger partial charge in [-0.15, -0.1) is 0 Å². The van der Waals surface area contributed by atoms with Gasteiger partial charge in [0.1, 0.15) is 0 Å². The van der Waals surface area contributed by atoms with Gasteiger partial charge in [-0.25, -0.2) is 24.9 Å². The van der Waals surface area contributed by atoms with E-state index < -0.39 is 5.41 Å². The van der Waals surface area contributed by atoms with Gasteiger partial charge in [-0.3, -0.25) is 0 Å². The third-order valence-corrected chi connectivity index (χ3v) is 13.4. The Morgan fingerprint density at radius 1 is 0.368 bits per heavy atom. The van der Waals surface area contributed by atoms with E-state index in [4.69, 9.17) is 24.9 Å². The molecule has 5 heteroatoms. The lowest BCUT2D eigenvalue weighted by molar-refractivity contribution is 0.786. The van der Waals surface area contributed by atoms with Crippen molar-refractivity contribution in [1.82, 2.24) is 24.9 Å². The van der Waals surface area contributed by atoms with E-state index in [2.05, 4.69) is 171 Å². The van der Waals surface area contributed by atoms with Crippen LogP contribution in [0.25, 0.3) is 95.9 Å². The Morgan fingerprint density at radius 3 is 1.44 bits per heavy atom. The Balaban J connectivity index is 1.02. The quantitative estimate of drug-likeness (QED) is 0.135. The summed E-state index contributed by atoms with van der Waals surface area (Å²) in [6.45, 7) is 6.33. The molecule has 1 atom stereocenters. The zero-order valence-electron chi connectivity index (χ0n) is 37.4. The zero-order valence-corrected chi connectivity index (χ0v) is 37.4. The van der Waals surface area contributed by atoms with Crippen LogP contribution in [0.15, 0.2) is 243 Å². The Hall–Kier alpha value is -8.93. The third kappa shape index (κ3) is 6.75. The van der Waals surface area contributed by atoms with Crippen LogP contribution in [-0.4, -0.2) is 24.9 Å². The fourth-order valence-corrected chi connectivity index (χ4v) is 10.3. The van der Waals surface area contributed by atoms with E-state index in [9.17, 15) is 0 Å². The molecule has 1 unspecified atom stereocenters. The van der Waals surface area contributed by atoms with Crippen LogP contribution in [0.3, 0.4) is 0 Å². The van der Waals surface area contributed by atoms with Crippen LogP contribution in [0.4, 0.5) is 0 Å². The summed E-state index contributed by atoms with van der Waals surface area (Å²) in [5.74, 6) is 2.53. The summed E-state index contributed by atoms with van der Waals surface area (Å²) in [5, 5.41) is 0. The summed E-state index contributed by atoms with van der Waals surface area (Å²) in [7, 11) is 0. The lowest BCUT2D eigenvalue weighted by Gasteiger charge is -2.33. The molecule has 2 aliphatic carbocycles. The van der Waals surface area contributed by atoms with Crippen molar-refractivity contribution in [3.05, 3.63) is 265 Å². The molecule has 320 valence electrons. The second kappa shape index (κ2) is 16.8. The summed E-state index contributed by atoms with van der Waals surface area (Å²) in [6.07, 6.45) is 6.19. The number of benzene rings is 8. The SMILES string of the molecule is C=C/C=C\C1=C(C)c2ccccc2C12c1ccccc1-c1cccc(-c3nc(-c4ccccc4)cc(-c4cccc(-c5cccc(-c6nc(-c7ccccc7)nc(-c7ccccc7)n6)c5)c4)n3)c12. The highest BCUT2D eigenvalue weighted by molar-refractivity contribution is 5.98. The van der Waals surface area contributed by atoms with Gasteiger partial charge in [-0.2, -0.15) is 0 Å².